The monoisotopic (exact) mass is 533 g/mol. The van der Waals surface area contributed by atoms with Crippen LogP contribution in [-0.2, 0) is 11.4 Å². The summed E-state index contributed by atoms with van der Waals surface area (Å²) in [5.41, 5.74) is 2.51. The largest absolute Gasteiger partial charge is 0.588 e. The molecule has 5 rings (SSSR count). The molecule has 0 aliphatic carbocycles. The van der Waals surface area contributed by atoms with Gasteiger partial charge >= 0.3 is 6.03 Å². The lowest BCUT2D eigenvalue weighted by molar-refractivity contribution is 0.0671. The van der Waals surface area contributed by atoms with E-state index < -0.39 is 11.4 Å². The lowest BCUT2D eigenvalue weighted by Gasteiger charge is -2.34. The lowest BCUT2D eigenvalue weighted by Crippen LogP contribution is -2.51. The number of para-hydroxylation sites is 1. The van der Waals surface area contributed by atoms with E-state index >= 15 is 0 Å². The summed E-state index contributed by atoms with van der Waals surface area (Å²) in [5, 5.41) is 4.36. The molecule has 0 bridgehead atoms. The van der Waals surface area contributed by atoms with Gasteiger partial charge in [-0.05, 0) is 60.7 Å². The van der Waals surface area contributed by atoms with Crippen LogP contribution < -0.4 is 10.0 Å². The van der Waals surface area contributed by atoms with Crippen LogP contribution in [0.5, 0.6) is 0 Å². The highest BCUT2D eigenvalue weighted by Crippen LogP contribution is 2.24. The molecule has 0 spiro atoms. The van der Waals surface area contributed by atoms with Gasteiger partial charge < -0.3 is 19.7 Å². The number of benzene rings is 3. The minimum absolute atomic E-state index is 0.108. The van der Waals surface area contributed by atoms with Crippen molar-refractivity contribution >= 4 is 57.2 Å². The van der Waals surface area contributed by atoms with Gasteiger partial charge in [-0.25, -0.2) is 9.52 Å². The summed E-state index contributed by atoms with van der Waals surface area (Å²) in [6.45, 7) is 1.74. The SMILES string of the molecule is O=C(Nc1ccc(Cl)cc1)N1CCN(C(=O)c2ccc(N[S+]([O-])c3cccc4cccnc34)cc2)CC1. The van der Waals surface area contributed by atoms with Gasteiger partial charge in [0.1, 0.15) is 16.9 Å². The third-order valence-corrected chi connectivity index (χ3v) is 7.49. The Labute approximate surface area is 222 Å². The number of nitrogens with one attached hydrogen (secondary N) is 2. The van der Waals surface area contributed by atoms with E-state index in [0.717, 1.165) is 5.39 Å². The number of pyridine rings is 1. The molecule has 3 aromatic carbocycles. The molecule has 2 N–H and O–H groups in total. The smallest absolute Gasteiger partial charge is 0.321 e. The van der Waals surface area contributed by atoms with E-state index in [9.17, 15) is 14.1 Å². The molecule has 1 atom stereocenters. The Morgan fingerprint density at radius 1 is 0.838 bits per heavy atom. The van der Waals surface area contributed by atoms with Crippen molar-refractivity contribution in [3.8, 4) is 0 Å². The first-order valence-corrected chi connectivity index (χ1v) is 13.2. The van der Waals surface area contributed by atoms with Gasteiger partial charge in [0.2, 0.25) is 4.90 Å². The fraction of sp³-hybridized carbons (Fsp3) is 0.148. The Morgan fingerprint density at radius 2 is 1.49 bits per heavy atom. The summed E-state index contributed by atoms with van der Waals surface area (Å²) < 4.78 is 15.9. The number of carbonyl (C=O) groups excluding carboxylic acids is 2. The molecule has 0 saturated carbocycles. The van der Waals surface area contributed by atoms with Gasteiger partial charge in [0.05, 0.1) is 5.69 Å². The Morgan fingerprint density at radius 3 is 2.22 bits per heavy atom. The zero-order valence-electron chi connectivity index (χ0n) is 19.8. The fourth-order valence-electron chi connectivity index (χ4n) is 4.10. The first-order chi connectivity index (χ1) is 18.0. The van der Waals surface area contributed by atoms with Crippen molar-refractivity contribution in [2.75, 3.05) is 36.2 Å². The molecule has 37 heavy (non-hydrogen) atoms. The number of rotatable bonds is 5. The highest BCUT2D eigenvalue weighted by molar-refractivity contribution is 7.93. The van der Waals surface area contributed by atoms with Gasteiger partial charge in [-0.2, -0.15) is 0 Å². The number of hydrogen-bond donors (Lipinski definition) is 2. The molecule has 10 heteroatoms. The van der Waals surface area contributed by atoms with E-state index in [-0.39, 0.29) is 11.9 Å². The Hall–Kier alpha value is -3.79. The number of nitrogens with zero attached hydrogens (tertiary/aromatic N) is 3. The number of aromatic nitrogens is 1. The number of urea groups is 1. The summed E-state index contributed by atoms with van der Waals surface area (Å²) in [6, 6.07) is 22.9. The van der Waals surface area contributed by atoms with Crippen LogP contribution in [0.3, 0.4) is 0 Å². The van der Waals surface area contributed by atoms with Crippen molar-refractivity contribution in [1.82, 2.24) is 14.8 Å². The third-order valence-electron chi connectivity index (χ3n) is 6.09. The number of anilines is 2. The summed E-state index contributed by atoms with van der Waals surface area (Å²) in [7, 11) is 0. The maximum atomic E-state index is 13.0. The molecule has 1 unspecified atom stereocenters. The molecule has 2 heterocycles. The fourth-order valence-corrected chi connectivity index (χ4v) is 5.23. The zero-order valence-corrected chi connectivity index (χ0v) is 21.3. The predicted molar refractivity (Wildman–Crippen MR) is 146 cm³/mol. The van der Waals surface area contributed by atoms with E-state index in [2.05, 4.69) is 15.0 Å². The average Bonchev–Trinajstić information content (AvgIpc) is 2.94. The number of halogens is 1. The van der Waals surface area contributed by atoms with E-state index in [4.69, 9.17) is 11.6 Å². The zero-order chi connectivity index (χ0) is 25.8. The number of fused-ring (bicyclic) bond motifs is 1. The minimum Gasteiger partial charge on any atom is -0.588 e. The third kappa shape index (κ3) is 5.80. The van der Waals surface area contributed by atoms with Gasteiger partial charge in [-0.1, -0.05) is 29.8 Å². The second-order valence-corrected chi connectivity index (χ2v) is 10.1. The van der Waals surface area contributed by atoms with Crippen LogP contribution in [-0.4, -0.2) is 57.5 Å². The molecule has 188 valence electrons. The van der Waals surface area contributed by atoms with Gasteiger partial charge in [0, 0.05) is 54.0 Å². The van der Waals surface area contributed by atoms with Crippen molar-refractivity contribution in [2.45, 2.75) is 4.90 Å². The van der Waals surface area contributed by atoms with E-state index in [1.54, 1.807) is 70.6 Å². The van der Waals surface area contributed by atoms with Crippen molar-refractivity contribution in [2.24, 2.45) is 0 Å². The van der Waals surface area contributed by atoms with Gasteiger partial charge in [-0.15, -0.1) is 0 Å². The molecule has 1 saturated heterocycles. The topological polar surface area (TPSA) is 101 Å². The molecule has 4 aromatic rings. The van der Waals surface area contributed by atoms with Crippen molar-refractivity contribution in [1.29, 1.82) is 0 Å². The highest BCUT2D eigenvalue weighted by Gasteiger charge is 2.25. The van der Waals surface area contributed by atoms with E-state index in [1.165, 1.54) is 0 Å². The van der Waals surface area contributed by atoms with Gasteiger partial charge in [0.15, 0.2) is 0 Å². The quantitative estimate of drug-likeness (QED) is 0.351. The van der Waals surface area contributed by atoms with Gasteiger partial charge in [-0.3, -0.25) is 9.78 Å². The van der Waals surface area contributed by atoms with Crippen molar-refractivity contribution in [3.05, 3.63) is 95.6 Å². The molecule has 3 amide bonds. The molecule has 1 fully saturated rings. The van der Waals surface area contributed by atoms with E-state index in [0.29, 0.717) is 58.6 Å². The van der Waals surface area contributed by atoms with Crippen LogP contribution in [0.1, 0.15) is 10.4 Å². The molecule has 1 aromatic heterocycles. The van der Waals surface area contributed by atoms with Crippen molar-refractivity contribution in [3.63, 3.8) is 0 Å². The standard InChI is InChI=1S/C27H24ClN5O3S/c28-21-8-12-22(13-9-21)30-27(35)33-17-15-32(16-18-33)26(34)20-6-10-23(11-7-20)31-37(36)24-5-1-3-19-4-2-14-29-25(19)24/h1-14,31H,15-18H2,(H,30,35). The van der Waals surface area contributed by atoms with Gasteiger partial charge in [0.25, 0.3) is 5.91 Å². The first kappa shape index (κ1) is 24.9. The lowest BCUT2D eigenvalue weighted by atomic mass is 10.1. The van der Waals surface area contributed by atoms with Crippen LogP contribution >= 0.6 is 11.6 Å². The number of hydrogen-bond acceptors (Lipinski definition) is 5. The Bertz CT molecular complexity index is 1400. The molecule has 8 nitrogen and oxygen atoms in total. The minimum atomic E-state index is -1.51. The van der Waals surface area contributed by atoms with Crippen LogP contribution in [0, 0.1) is 0 Å². The molecular weight excluding hydrogens is 510 g/mol. The number of amides is 3. The Kier molecular flexibility index (Phi) is 7.45. The highest BCUT2D eigenvalue weighted by atomic mass is 35.5. The molecule has 0 radical (unpaired) electrons. The number of piperazine rings is 1. The Balaban J connectivity index is 1.16. The maximum Gasteiger partial charge on any atom is 0.321 e. The van der Waals surface area contributed by atoms with Crippen LogP contribution in [0.4, 0.5) is 16.2 Å². The summed E-state index contributed by atoms with van der Waals surface area (Å²) in [4.78, 5) is 33.9. The second kappa shape index (κ2) is 11.1. The maximum absolute atomic E-state index is 13.0. The van der Waals surface area contributed by atoms with Crippen molar-refractivity contribution < 1.29 is 14.1 Å². The summed E-state index contributed by atoms with van der Waals surface area (Å²) >= 11 is 4.38. The summed E-state index contributed by atoms with van der Waals surface area (Å²) in [6.07, 6.45) is 1.68. The van der Waals surface area contributed by atoms with Crippen LogP contribution in [0.25, 0.3) is 10.9 Å². The molecule has 1 aliphatic heterocycles. The predicted octanol–water partition coefficient (Wildman–Crippen LogP) is 5.01. The number of carbonyl (C=O) groups is 2. The van der Waals surface area contributed by atoms with E-state index in [1.807, 2.05) is 24.3 Å². The average molecular weight is 534 g/mol. The van der Waals surface area contributed by atoms with Crippen LogP contribution in [0.2, 0.25) is 5.02 Å². The summed E-state index contributed by atoms with van der Waals surface area (Å²) in [5.74, 6) is -0.108. The molecular formula is C27H24ClN5O3S. The van der Waals surface area contributed by atoms with Crippen LogP contribution in [0.15, 0.2) is 90.0 Å². The first-order valence-electron chi connectivity index (χ1n) is 11.7. The molecule has 1 aliphatic rings. The second-order valence-electron chi connectivity index (χ2n) is 8.50. The normalized spacial score (nSPS) is 14.3.